The van der Waals surface area contributed by atoms with Crippen LogP contribution in [0.4, 0.5) is 5.69 Å². The van der Waals surface area contributed by atoms with Crippen LogP contribution in [-0.2, 0) is 4.79 Å². The Labute approximate surface area is 185 Å². The molecule has 0 N–H and O–H groups in total. The number of aryl methyl sites for hydroxylation is 2. The molecule has 0 aromatic heterocycles. The number of carbonyl (C=O) groups is 1. The number of anilines is 1. The van der Waals surface area contributed by atoms with Gasteiger partial charge in [-0.05, 0) is 82.4 Å². The smallest absolute Gasteiger partial charge is 0.262 e. The van der Waals surface area contributed by atoms with Gasteiger partial charge in [0.05, 0.1) is 23.0 Å². The van der Waals surface area contributed by atoms with Gasteiger partial charge in [0, 0.05) is 5.57 Å². The van der Waals surface area contributed by atoms with Crippen molar-refractivity contribution >= 4 is 39.3 Å². The molecule has 30 heavy (non-hydrogen) atoms. The Kier molecular flexibility index (Phi) is 5.60. The lowest BCUT2D eigenvalue weighted by atomic mass is 10.1. The van der Waals surface area contributed by atoms with Crippen LogP contribution in [0.2, 0.25) is 0 Å². The van der Waals surface area contributed by atoms with Crippen molar-refractivity contribution < 1.29 is 9.53 Å². The molecule has 0 radical (unpaired) electrons. The van der Waals surface area contributed by atoms with Gasteiger partial charge in [0.15, 0.2) is 0 Å². The Hall–Kier alpha value is -3.11. The normalized spacial score (nSPS) is 14.9. The summed E-state index contributed by atoms with van der Waals surface area (Å²) >= 11 is 3.52. The molecule has 4 heteroatoms. The Bertz CT molecular complexity index is 1180. The maximum atomic E-state index is 13.5. The first-order valence-corrected chi connectivity index (χ1v) is 10.5. The van der Waals surface area contributed by atoms with Gasteiger partial charge < -0.3 is 4.74 Å². The van der Waals surface area contributed by atoms with Gasteiger partial charge in [-0.3, -0.25) is 9.69 Å². The topological polar surface area (TPSA) is 29.5 Å². The molecule has 4 rings (SSSR count). The number of hydrogen-bond acceptors (Lipinski definition) is 2. The van der Waals surface area contributed by atoms with Crippen molar-refractivity contribution in [1.29, 1.82) is 0 Å². The second-order valence-corrected chi connectivity index (χ2v) is 8.17. The van der Waals surface area contributed by atoms with E-state index in [2.05, 4.69) is 34.1 Å². The van der Waals surface area contributed by atoms with Crippen molar-refractivity contribution in [2.75, 3.05) is 12.0 Å². The molecule has 0 saturated carbocycles. The lowest BCUT2D eigenvalue weighted by Crippen LogP contribution is -2.25. The van der Waals surface area contributed by atoms with Crippen LogP contribution < -0.4 is 9.64 Å². The number of ether oxygens (including phenoxy) is 1. The van der Waals surface area contributed by atoms with Crippen LogP contribution in [0.1, 0.15) is 22.3 Å². The number of halogens is 1. The van der Waals surface area contributed by atoms with Crippen LogP contribution in [0.3, 0.4) is 0 Å². The average Bonchev–Trinajstić information content (AvgIpc) is 3.06. The largest absolute Gasteiger partial charge is 0.496 e. The van der Waals surface area contributed by atoms with E-state index in [0.717, 1.165) is 43.9 Å². The Morgan fingerprint density at radius 1 is 0.967 bits per heavy atom. The van der Waals surface area contributed by atoms with E-state index in [1.165, 1.54) is 0 Å². The van der Waals surface area contributed by atoms with Gasteiger partial charge in [-0.15, -0.1) is 0 Å². The minimum Gasteiger partial charge on any atom is -0.496 e. The van der Waals surface area contributed by atoms with Crippen molar-refractivity contribution in [1.82, 2.24) is 0 Å². The zero-order valence-electron chi connectivity index (χ0n) is 17.1. The first-order chi connectivity index (χ1) is 14.5. The molecule has 0 atom stereocenters. The maximum Gasteiger partial charge on any atom is 0.262 e. The summed E-state index contributed by atoms with van der Waals surface area (Å²) in [5, 5.41) is 0. The van der Waals surface area contributed by atoms with E-state index < -0.39 is 0 Å². The van der Waals surface area contributed by atoms with Crippen LogP contribution in [-0.4, -0.2) is 13.0 Å². The fourth-order valence-corrected chi connectivity index (χ4v) is 4.15. The van der Waals surface area contributed by atoms with E-state index in [4.69, 9.17) is 4.74 Å². The highest BCUT2D eigenvalue weighted by Crippen LogP contribution is 2.37. The molecule has 1 aliphatic rings. The molecule has 150 valence electrons. The number of carbonyl (C=O) groups excluding carboxylic acids is 1. The second-order valence-electron chi connectivity index (χ2n) is 7.32. The van der Waals surface area contributed by atoms with Crippen molar-refractivity contribution in [2.24, 2.45) is 0 Å². The molecule has 0 unspecified atom stereocenters. The molecule has 0 aliphatic carbocycles. The summed E-state index contributed by atoms with van der Waals surface area (Å²) in [5.41, 5.74) is 6.55. The summed E-state index contributed by atoms with van der Waals surface area (Å²) in [4.78, 5) is 15.4. The van der Waals surface area contributed by atoms with Gasteiger partial charge in [-0.2, -0.15) is 0 Å². The number of rotatable bonds is 4. The maximum absolute atomic E-state index is 13.5. The highest BCUT2D eigenvalue weighted by molar-refractivity contribution is 9.10. The summed E-state index contributed by atoms with van der Waals surface area (Å²) in [5.74, 6) is 0.724. The Morgan fingerprint density at radius 3 is 2.43 bits per heavy atom. The minimum absolute atomic E-state index is 0.0329. The highest BCUT2D eigenvalue weighted by Gasteiger charge is 2.31. The predicted molar refractivity (Wildman–Crippen MR) is 126 cm³/mol. The summed E-state index contributed by atoms with van der Waals surface area (Å²) in [6.07, 6.45) is 3.89. The zero-order chi connectivity index (χ0) is 21.3. The van der Waals surface area contributed by atoms with Crippen LogP contribution in [0.15, 0.2) is 82.9 Å². The van der Waals surface area contributed by atoms with E-state index in [0.29, 0.717) is 5.57 Å². The SMILES string of the molecule is COc1ccc(/C=C2\C=C(c3ccccc3)N(c3cc(C)ccc3C)C2=O)cc1Br. The quantitative estimate of drug-likeness (QED) is 0.414. The third-order valence-electron chi connectivity index (χ3n) is 5.16. The second kappa shape index (κ2) is 8.33. The van der Waals surface area contributed by atoms with Crippen molar-refractivity contribution in [2.45, 2.75) is 13.8 Å². The summed E-state index contributed by atoms with van der Waals surface area (Å²) in [7, 11) is 1.63. The van der Waals surface area contributed by atoms with E-state index in [9.17, 15) is 4.79 Å². The van der Waals surface area contributed by atoms with Crippen LogP contribution in [0, 0.1) is 13.8 Å². The zero-order valence-corrected chi connectivity index (χ0v) is 18.7. The number of benzene rings is 3. The average molecular weight is 460 g/mol. The monoisotopic (exact) mass is 459 g/mol. The summed E-state index contributed by atoms with van der Waals surface area (Å²) in [6, 6.07) is 22.0. The third kappa shape index (κ3) is 3.83. The minimum atomic E-state index is -0.0329. The van der Waals surface area contributed by atoms with Crippen molar-refractivity contribution in [3.8, 4) is 5.75 Å². The molecule has 0 fully saturated rings. The Balaban J connectivity index is 1.84. The van der Waals surface area contributed by atoms with Gasteiger partial charge in [0.1, 0.15) is 5.75 Å². The highest BCUT2D eigenvalue weighted by atomic mass is 79.9. The van der Waals surface area contributed by atoms with Crippen LogP contribution in [0.25, 0.3) is 11.8 Å². The van der Waals surface area contributed by atoms with Crippen LogP contribution in [0.5, 0.6) is 5.75 Å². The molecule has 0 spiro atoms. The van der Waals surface area contributed by atoms with E-state index in [-0.39, 0.29) is 5.91 Å². The number of hydrogen-bond donors (Lipinski definition) is 0. The predicted octanol–water partition coefficient (Wildman–Crippen LogP) is 6.55. The molecular formula is C26H22BrNO2. The van der Waals surface area contributed by atoms with E-state index in [1.54, 1.807) is 7.11 Å². The molecular weight excluding hydrogens is 438 g/mol. The number of amides is 1. The lowest BCUT2D eigenvalue weighted by Gasteiger charge is -2.23. The van der Waals surface area contributed by atoms with Gasteiger partial charge in [-0.1, -0.05) is 48.5 Å². The first-order valence-electron chi connectivity index (χ1n) is 9.72. The van der Waals surface area contributed by atoms with Crippen molar-refractivity contribution in [3.63, 3.8) is 0 Å². The number of nitrogens with zero attached hydrogens (tertiary/aromatic N) is 1. The van der Waals surface area contributed by atoms with E-state index in [1.807, 2.05) is 79.4 Å². The molecule has 3 nitrogen and oxygen atoms in total. The fraction of sp³-hybridized carbons (Fsp3) is 0.115. The summed E-state index contributed by atoms with van der Waals surface area (Å²) in [6.45, 7) is 4.08. The first kappa shape index (κ1) is 20.2. The molecule has 3 aromatic carbocycles. The molecule has 1 amide bonds. The lowest BCUT2D eigenvalue weighted by molar-refractivity contribution is -0.113. The van der Waals surface area contributed by atoms with Crippen molar-refractivity contribution in [3.05, 3.63) is 105 Å². The standard InChI is InChI=1S/C26H22BrNO2/c1-17-9-10-18(2)23(13-17)28-24(20-7-5-4-6-8-20)16-21(26(28)29)14-19-11-12-25(30-3)22(27)15-19/h4-16H,1-3H3/b21-14+. The number of methoxy groups -OCH3 is 1. The third-order valence-corrected chi connectivity index (χ3v) is 5.78. The van der Waals surface area contributed by atoms with Gasteiger partial charge in [0.25, 0.3) is 5.91 Å². The molecule has 1 heterocycles. The van der Waals surface area contributed by atoms with Gasteiger partial charge in [-0.25, -0.2) is 0 Å². The van der Waals surface area contributed by atoms with Crippen LogP contribution >= 0.6 is 15.9 Å². The Morgan fingerprint density at radius 2 is 1.73 bits per heavy atom. The van der Waals surface area contributed by atoms with Gasteiger partial charge >= 0.3 is 0 Å². The molecule has 0 bridgehead atoms. The molecule has 0 saturated heterocycles. The van der Waals surface area contributed by atoms with E-state index >= 15 is 0 Å². The summed E-state index contributed by atoms with van der Waals surface area (Å²) < 4.78 is 6.16. The van der Waals surface area contributed by atoms with Gasteiger partial charge in [0.2, 0.25) is 0 Å². The fourth-order valence-electron chi connectivity index (χ4n) is 3.59. The molecule has 1 aliphatic heterocycles. The molecule has 3 aromatic rings.